The van der Waals surface area contributed by atoms with Gasteiger partial charge in [0.2, 0.25) is 0 Å². The third-order valence-corrected chi connectivity index (χ3v) is 8.44. The molecule has 0 atom stereocenters. The van der Waals surface area contributed by atoms with Crippen molar-refractivity contribution in [1.29, 1.82) is 0 Å². The van der Waals surface area contributed by atoms with Gasteiger partial charge < -0.3 is 14.4 Å². The fourth-order valence-electron chi connectivity index (χ4n) is 5.95. The van der Waals surface area contributed by atoms with Crippen molar-refractivity contribution in [2.45, 2.75) is 54.6 Å². The number of rotatable bonds is 5. The average Bonchev–Trinajstić information content (AvgIpc) is 3.64. The van der Waals surface area contributed by atoms with E-state index in [9.17, 15) is 0 Å². The monoisotopic (exact) mass is 883 g/mol. The molecular weight excluding hydrogens is 825 g/mol. The van der Waals surface area contributed by atoms with Gasteiger partial charge in [-0.2, -0.15) is 0 Å². The van der Waals surface area contributed by atoms with Crippen molar-refractivity contribution in [3.63, 3.8) is 0 Å². The minimum atomic E-state index is -2.71. The molecule has 0 spiro atoms. The Hall–Kier alpha value is -5.15. The van der Waals surface area contributed by atoms with Crippen LogP contribution in [0, 0.1) is 45.0 Å². The van der Waals surface area contributed by atoms with Crippen molar-refractivity contribution in [3.8, 4) is 44.8 Å². The first-order valence-corrected chi connectivity index (χ1v) is 16.7. The summed E-state index contributed by atoms with van der Waals surface area (Å²) in [5.41, 5.74) is 5.03. The summed E-state index contributed by atoms with van der Waals surface area (Å²) < 4.78 is 117. The van der Waals surface area contributed by atoms with E-state index in [2.05, 4.69) is 22.1 Å². The van der Waals surface area contributed by atoms with Crippen molar-refractivity contribution in [3.05, 3.63) is 168 Å². The molecule has 0 bridgehead atoms. The molecule has 4 heteroatoms. The van der Waals surface area contributed by atoms with Gasteiger partial charge in [-0.3, -0.25) is 0 Å². The molecule has 0 saturated heterocycles. The van der Waals surface area contributed by atoms with Crippen molar-refractivity contribution in [1.82, 2.24) is 9.97 Å². The van der Waals surface area contributed by atoms with E-state index in [0.717, 1.165) is 17.3 Å². The SMILES string of the molecule is [2H]C([2H])([2H])c1c[c-]c(-c2ccc(C([2H])([2H])C(C)(C)C)cn2)cc1.[2H]C([2H])([2H])c1cnc(-c2[c-]ccc3c2oc2c(C([2H])([2H])[2H])c(-c4ccc(-c5ccccc5)cc4)ccc23)cc1C([2H])([2H])[2H].[Ir]. The van der Waals surface area contributed by atoms with Crippen LogP contribution in [0.15, 0.2) is 132 Å². The maximum absolute atomic E-state index is 8.43. The van der Waals surface area contributed by atoms with Gasteiger partial charge in [0.15, 0.2) is 0 Å². The maximum Gasteiger partial charge on any atom is 0.124 e. The number of hydrogen-bond acceptors (Lipinski definition) is 3. The number of aryl methyl sites for hydroxylation is 4. The summed E-state index contributed by atoms with van der Waals surface area (Å²) >= 11 is 0. The van der Waals surface area contributed by atoms with Crippen LogP contribution in [0.4, 0.5) is 0 Å². The predicted molar refractivity (Wildman–Crippen MR) is 217 cm³/mol. The van der Waals surface area contributed by atoms with Gasteiger partial charge in [0.05, 0.1) is 5.58 Å². The summed E-state index contributed by atoms with van der Waals surface area (Å²) in [4.78, 5) is 8.58. The van der Waals surface area contributed by atoms with E-state index in [-0.39, 0.29) is 59.2 Å². The Labute approximate surface area is 347 Å². The van der Waals surface area contributed by atoms with Gasteiger partial charge in [-0.05, 0) is 82.7 Å². The van der Waals surface area contributed by atoms with Gasteiger partial charge in [0.25, 0.3) is 0 Å². The molecule has 0 N–H and O–H groups in total. The number of furan rings is 1. The Balaban J connectivity index is 0.000000262. The minimum Gasteiger partial charge on any atom is -0.500 e. The van der Waals surface area contributed by atoms with Gasteiger partial charge in [0, 0.05) is 57.1 Å². The predicted octanol–water partition coefficient (Wildman–Crippen LogP) is 13.2. The molecule has 0 aliphatic carbocycles. The smallest absolute Gasteiger partial charge is 0.124 e. The van der Waals surface area contributed by atoms with Crippen molar-refractivity contribution in [2.24, 2.45) is 5.41 Å². The van der Waals surface area contributed by atoms with Crippen LogP contribution in [0.25, 0.3) is 66.7 Å². The standard InChI is InChI=1S/C32H24NO.C17H20N.Ir/c1-20-18-30(33-19-21(20)2)29-11-7-10-27-28-17-16-26(22(3)31(28)34-32(27)29)25-14-12-24(13-15-25)23-8-5-4-6-9-23;1-13-5-8-15(9-6-13)16-10-7-14(12-18-16)11-17(2,3)4;/h4-10,12-19H,1-3H3;5-8,10,12H,11H2,1-4H3;/q2*-1;/i1D3,2D3,3D3;1D3,11D2;. The molecule has 267 valence electrons. The molecule has 53 heavy (non-hydrogen) atoms. The Morgan fingerprint density at radius 3 is 2.11 bits per heavy atom. The molecule has 3 heterocycles. The van der Waals surface area contributed by atoms with E-state index in [0.29, 0.717) is 44.3 Å². The van der Waals surface area contributed by atoms with Gasteiger partial charge in [0.1, 0.15) is 5.58 Å². The van der Waals surface area contributed by atoms with Gasteiger partial charge in [-0.25, -0.2) is 0 Å². The van der Waals surface area contributed by atoms with E-state index >= 15 is 0 Å². The van der Waals surface area contributed by atoms with Crippen LogP contribution >= 0.6 is 0 Å². The zero-order valence-corrected chi connectivity index (χ0v) is 31.7. The third-order valence-electron chi connectivity index (χ3n) is 8.44. The molecule has 3 aromatic heterocycles. The largest absolute Gasteiger partial charge is 0.500 e. The van der Waals surface area contributed by atoms with E-state index in [1.807, 2.05) is 75.4 Å². The molecule has 0 saturated carbocycles. The minimum absolute atomic E-state index is 0. The topological polar surface area (TPSA) is 38.9 Å². The number of pyridine rings is 2. The summed E-state index contributed by atoms with van der Waals surface area (Å²) in [5.74, 6) is 0. The average molecular weight is 883 g/mol. The number of aromatic nitrogens is 2. The summed E-state index contributed by atoms with van der Waals surface area (Å²) in [6.07, 6.45) is 1.09. The van der Waals surface area contributed by atoms with Crippen LogP contribution in [-0.4, -0.2) is 9.97 Å². The molecule has 0 amide bonds. The van der Waals surface area contributed by atoms with Crippen LogP contribution in [0.5, 0.6) is 0 Å². The summed E-state index contributed by atoms with van der Waals surface area (Å²) in [7, 11) is 0. The third kappa shape index (κ3) is 8.41. The van der Waals surface area contributed by atoms with Crippen LogP contribution in [0.1, 0.15) is 67.8 Å². The molecule has 1 radical (unpaired) electrons. The number of hydrogen-bond donors (Lipinski definition) is 0. The van der Waals surface area contributed by atoms with E-state index in [4.69, 9.17) is 23.6 Å². The van der Waals surface area contributed by atoms with Crippen molar-refractivity contribution < 1.29 is 43.7 Å². The van der Waals surface area contributed by atoms with E-state index < -0.39 is 39.2 Å². The molecule has 8 aromatic rings. The molecule has 0 fully saturated rings. The molecule has 0 aliphatic heterocycles. The normalized spacial score (nSPS) is 16.4. The molecule has 0 aliphatic rings. The summed E-state index contributed by atoms with van der Waals surface area (Å²) in [6.45, 7) is -4.50. The second-order valence-electron chi connectivity index (χ2n) is 13.4. The van der Waals surface area contributed by atoms with Crippen LogP contribution < -0.4 is 0 Å². The van der Waals surface area contributed by atoms with Crippen LogP contribution in [0.2, 0.25) is 0 Å². The van der Waals surface area contributed by atoms with Crippen molar-refractivity contribution in [2.75, 3.05) is 0 Å². The first-order valence-electron chi connectivity index (χ1n) is 23.7. The molecule has 8 rings (SSSR count). The number of nitrogens with zero attached hydrogens (tertiary/aromatic N) is 2. The Morgan fingerprint density at radius 1 is 0.679 bits per heavy atom. The number of benzene rings is 5. The molecular formula is C49H44IrN2O-2. The molecule has 5 aromatic carbocycles. The first-order chi connectivity index (χ1) is 30.7. The zero-order valence-electron chi connectivity index (χ0n) is 43.3. The zero-order chi connectivity index (χ0) is 48.2. The Morgan fingerprint density at radius 2 is 1.43 bits per heavy atom. The van der Waals surface area contributed by atoms with Gasteiger partial charge >= 0.3 is 0 Å². The molecule has 0 unspecified atom stereocenters. The van der Waals surface area contributed by atoms with Crippen molar-refractivity contribution >= 4 is 21.9 Å². The Bertz CT molecular complexity index is 3000. The fourth-order valence-corrected chi connectivity index (χ4v) is 5.95. The van der Waals surface area contributed by atoms with Crippen LogP contribution in [-0.2, 0) is 26.5 Å². The maximum atomic E-state index is 8.43. The van der Waals surface area contributed by atoms with E-state index in [1.165, 1.54) is 18.3 Å². The second kappa shape index (κ2) is 15.8. The fraction of sp³-hybridized carbons (Fsp3) is 0.184. The summed E-state index contributed by atoms with van der Waals surface area (Å²) in [6, 6.07) is 39.8. The van der Waals surface area contributed by atoms with Gasteiger partial charge in [-0.1, -0.05) is 129 Å². The van der Waals surface area contributed by atoms with Gasteiger partial charge in [-0.15, -0.1) is 53.6 Å². The van der Waals surface area contributed by atoms with E-state index in [1.54, 1.807) is 48.5 Å². The quantitative estimate of drug-likeness (QED) is 0.162. The first kappa shape index (κ1) is 23.5. The summed E-state index contributed by atoms with van der Waals surface area (Å²) in [5, 5.41) is 1.16. The Kier molecular flexibility index (Phi) is 7.02. The molecule has 3 nitrogen and oxygen atoms in total. The second-order valence-corrected chi connectivity index (χ2v) is 13.4. The number of fused-ring (bicyclic) bond motifs is 3. The van der Waals surface area contributed by atoms with Crippen LogP contribution in [0.3, 0.4) is 0 Å².